The van der Waals surface area contributed by atoms with E-state index in [0.29, 0.717) is 0 Å². The predicted molar refractivity (Wildman–Crippen MR) is 180 cm³/mol. The van der Waals surface area contributed by atoms with Crippen LogP contribution >= 0.6 is 22.7 Å². The van der Waals surface area contributed by atoms with Crippen LogP contribution in [0.5, 0.6) is 0 Å². The fraction of sp³-hybridized carbons (Fsp3) is 0. The Labute approximate surface area is 252 Å². The molecule has 0 radical (unpaired) electrons. The van der Waals surface area contributed by atoms with Crippen molar-refractivity contribution >= 4 is 43.1 Å². The summed E-state index contributed by atoms with van der Waals surface area (Å²) in [5.41, 5.74) is 11.5. The SMILES string of the molecule is c1ccc(-c2ccc(-c3cc(-c4ccc(-c5nc6ccccc6s5)cc4)cc(-c4nc5ccccc5s4)c3)cc2)cc1. The Hall–Kier alpha value is -4.90. The summed E-state index contributed by atoms with van der Waals surface area (Å²) in [4.78, 5) is 9.85. The van der Waals surface area contributed by atoms with Crippen LogP contribution in [0.15, 0.2) is 146 Å². The molecule has 2 aromatic heterocycles. The number of fused-ring (bicyclic) bond motifs is 2. The van der Waals surface area contributed by atoms with Gasteiger partial charge >= 0.3 is 0 Å². The summed E-state index contributed by atoms with van der Waals surface area (Å²) >= 11 is 3.48. The first-order chi connectivity index (χ1) is 20.8. The molecule has 0 saturated carbocycles. The van der Waals surface area contributed by atoms with Gasteiger partial charge < -0.3 is 0 Å². The molecule has 198 valence electrons. The van der Waals surface area contributed by atoms with Crippen molar-refractivity contribution < 1.29 is 0 Å². The van der Waals surface area contributed by atoms with Gasteiger partial charge in [0.2, 0.25) is 0 Å². The molecular weight excluding hydrogens is 549 g/mol. The van der Waals surface area contributed by atoms with Crippen LogP contribution in [-0.2, 0) is 0 Å². The minimum absolute atomic E-state index is 1.03. The number of hydrogen-bond acceptors (Lipinski definition) is 4. The minimum Gasteiger partial charge on any atom is -0.236 e. The highest BCUT2D eigenvalue weighted by molar-refractivity contribution is 7.22. The van der Waals surface area contributed by atoms with Crippen molar-refractivity contribution in [3.8, 4) is 54.5 Å². The lowest BCUT2D eigenvalue weighted by atomic mass is 9.94. The van der Waals surface area contributed by atoms with E-state index in [-0.39, 0.29) is 0 Å². The third-order valence-electron chi connectivity index (χ3n) is 7.56. The Kier molecular flexibility index (Phi) is 6.21. The van der Waals surface area contributed by atoms with Crippen LogP contribution in [-0.4, -0.2) is 9.97 Å². The first kappa shape index (κ1) is 24.9. The summed E-state index contributed by atoms with van der Waals surface area (Å²) in [6.45, 7) is 0. The Bertz CT molecular complexity index is 2110. The van der Waals surface area contributed by atoms with Crippen molar-refractivity contribution in [1.82, 2.24) is 9.97 Å². The molecule has 4 heteroatoms. The Balaban J connectivity index is 1.21. The summed E-state index contributed by atoms with van der Waals surface area (Å²) < 4.78 is 2.41. The molecule has 0 N–H and O–H groups in total. The van der Waals surface area contributed by atoms with E-state index in [4.69, 9.17) is 9.97 Å². The van der Waals surface area contributed by atoms with Crippen LogP contribution in [0.2, 0.25) is 0 Å². The van der Waals surface area contributed by atoms with Gasteiger partial charge in [-0.25, -0.2) is 9.97 Å². The van der Waals surface area contributed by atoms with E-state index in [2.05, 4.69) is 140 Å². The average Bonchev–Trinajstić information content (AvgIpc) is 3.70. The van der Waals surface area contributed by atoms with Crippen molar-refractivity contribution in [2.45, 2.75) is 0 Å². The monoisotopic (exact) mass is 572 g/mol. The second kappa shape index (κ2) is 10.5. The molecule has 0 aliphatic heterocycles. The number of aromatic nitrogens is 2. The second-order valence-electron chi connectivity index (χ2n) is 10.3. The smallest absolute Gasteiger partial charge is 0.124 e. The van der Waals surface area contributed by atoms with E-state index < -0.39 is 0 Å². The molecule has 0 aliphatic rings. The van der Waals surface area contributed by atoms with Crippen LogP contribution in [0.1, 0.15) is 0 Å². The zero-order valence-electron chi connectivity index (χ0n) is 22.6. The average molecular weight is 573 g/mol. The third kappa shape index (κ3) is 4.71. The van der Waals surface area contributed by atoms with Crippen molar-refractivity contribution in [2.75, 3.05) is 0 Å². The van der Waals surface area contributed by atoms with Gasteiger partial charge in [0, 0.05) is 11.1 Å². The molecular formula is C38H24N2S2. The van der Waals surface area contributed by atoms with E-state index in [1.54, 1.807) is 22.7 Å². The van der Waals surface area contributed by atoms with Gasteiger partial charge in [0.15, 0.2) is 0 Å². The fourth-order valence-electron chi connectivity index (χ4n) is 5.37. The topological polar surface area (TPSA) is 25.8 Å². The predicted octanol–water partition coefficient (Wildman–Crippen LogP) is 11.2. The molecule has 0 aliphatic carbocycles. The standard InChI is InChI=1S/C38H24N2S2/c1-2-8-25(9-3-1)26-14-16-27(17-15-26)30-22-31(24-32(23-30)38-40-34-11-5-7-13-36(34)42-38)28-18-20-29(21-19-28)37-39-33-10-4-6-12-35(33)41-37/h1-24H. The highest BCUT2D eigenvalue weighted by Crippen LogP contribution is 2.38. The molecule has 0 amide bonds. The van der Waals surface area contributed by atoms with E-state index >= 15 is 0 Å². The van der Waals surface area contributed by atoms with E-state index in [9.17, 15) is 0 Å². The lowest BCUT2D eigenvalue weighted by molar-refractivity contribution is 1.46. The van der Waals surface area contributed by atoms with Crippen molar-refractivity contribution in [3.05, 3.63) is 146 Å². The molecule has 8 rings (SSSR count). The first-order valence-corrected chi connectivity index (χ1v) is 15.5. The van der Waals surface area contributed by atoms with Gasteiger partial charge in [0.05, 0.1) is 20.4 Å². The molecule has 0 bridgehead atoms. The molecule has 2 nitrogen and oxygen atoms in total. The molecule has 0 fully saturated rings. The van der Waals surface area contributed by atoms with Gasteiger partial charge in [-0.05, 0) is 75.8 Å². The van der Waals surface area contributed by atoms with Gasteiger partial charge in [-0.15, -0.1) is 22.7 Å². The number of para-hydroxylation sites is 2. The van der Waals surface area contributed by atoms with Crippen molar-refractivity contribution in [1.29, 1.82) is 0 Å². The maximum absolute atomic E-state index is 4.99. The van der Waals surface area contributed by atoms with Crippen molar-refractivity contribution in [2.24, 2.45) is 0 Å². The van der Waals surface area contributed by atoms with E-state index in [1.165, 1.54) is 42.8 Å². The van der Waals surface area contributed by atoms with Gasteiger partial charge in [-0.2, -0.15) is 0 Å². The lowest BCUT2D eigenvalue weighted by Gasteiger charge is -2.11. The molecule has 0 atom stereocenters. The van der Waals surface area contributed by atoms with Gasteiger partial charge in [0.1, 0.15) is 10.0 Å². The Morgan fingerprint density at radius 1 is 0.310 bits per heavy atom. The maximum Gasteiger partial charge on any atom is 0.124 e. The highest BCUT2D eigenvalue weighted by atomic mass is 32.1. The fourth-order valence-corrected chi connectivity index (χ4v) is 7.29. The van der Waals surface area contributed by atoms with Crippen LogP contribution in [0.25, 0.3) is 75.0 Å². The first-order valence-electron chi connectivity index (χ1n) is 13.9. The molecule has 6 aromatic carbocycles. The highest BCUT2D eigenvalue weighted by Gasteiger charge is 2.12. The van der Waals surface area contributed by atoms with Crippen LogP contribution in [0.3, 0.4) is 0 Å². The lowest BCUT2D eigenvalue weighted by Crippen LogP contribution is -1.87. The summed E-state index contributed by atoms with van der Waals surface area (Å²) in [6, 6.07) is 51.7. The Morgan fingerprint density at radius 3 is 1.21 bits per heavy atom. The van der Waals surface area contributed by atoms with Gasteiger partial charge in [-0.3, -0.25) is 0 Å². The Morgan fingerprint density at radius 2 is 0.690 bits per heavy atom. The summed E-state index contributed by atoms with van der Waals surface area (Å²) in [5.74, 6) is 0. The van der Waals surface area contributed by atoms with Crippen LogP contribution in [0.4, 0.5) is 0 Å². The number of nitrogens with zero attached hydrogens (tertiary/aromatic N) is 2. The number of rotatable bonds is 5. The van der Waals surface area contributed by atoms with E-state index in [0.717, 1.165) is 32.2 Å². The number of hydrogen-bond donors (Lipinski definition) is 0. The second-order valence-corrected chi connectivity index (χ2v) is 12.4. The zero-order valence-corrected chi connectivity index (χ0v) is 24.2. The van der Waals surface area contributed by atoms with Gasteiger partial charge in [-0.1, -0.05) is 103 Å². The molecule has 0 spiro atoms. The normalized spacial score (nSPS) is 11.3. The van der Waals surface area contributed by atoms with Crippen molar-refractivity contribution in [3.63, 3.8) is 0 Å². The third-order valence-corrected chi connectivity index (χ3v) is 9.73. The quantitative estimate of drug-likeness (QED) is 0.205. The molecule has 0 unspecified atom stereocenters. The maximum atomic E-state index is 4.99. The van der Waals surface area contributed by atoms with Crippen LogP contribution in [0, 0.1) is 0 Å². The molecule has 8 aromatic rings. The number of thiazole rings is 2. The number of benzene rings is 6. The largest absolute Gasteiger partial charge is 0.236 e. The van der Waals surface area contributed by atoms with Gasteiger partial charge in [0.25, 0.3) is 0 Å². The van der Waals surface area contributed by atoms with E-state index in [1.807, 2.05) is 6.07 Å². The minimum atomic E-state index is 1.03. The molecule has 0 saturated heterocycles. The van der Waals surface area contributed by atoms with Crippen LogP contribution < -0.4 is 0 Å². The summed E-state index contributed by atoms with van der Waals surface area (Å²) in [5, 5.41) is 2.08. The molecule has 42 heavy (non-hydrogen) atoms. The summed E-state index contributed by atoms with van der Waals surface area (Å²) in [6.07, 6.45) is 0. The summed E-state index contributed by atoms with van der Waals surface area (Å²) in [7, 11) is 0. The zero-order chi connectivity index (χ0) is 27.9. The molecule has 2 heterocycles.